The molecule has 0 unspecified atom stereocenters. The predicted molar refractivity (Wildman–Crippen MR) is 101 cm³/mol. The van der Waals surface area contributed by atoms with Gasteiger partial charge in [0.2, 0.25) is 0 Å². The van der Waals surface area contributed by atoms with Crippen LogP contribution in [-0.4, -0.2) is 34.2 Å². The van der Waals surface area contributed by atoms with Gasteiger partial charge in [0.1, 0.15) is 12.0 Å². The number of carbonyl (C=O) groups is 1. The van der Waals surface area contributed by atoms with E-state index in [1.54, 1.807) is 31.8 Å². The van der Waals surface area contributed by atoms with Gasteiger partial charge in [-0.3, -0.25) is 9.79 Å². The fourth-order valence-electron chi connectivity index (χ4n) is 2.82. The first-order valence-corrected chi connectivity index (χ1v) is 8.48. The molecule has 0 spiro atoms. The highest BCUT2D eigenvalue weighted by molar-refractivity contribution is 5.92. The van der Waals surface area contributed by atoms with Gasteiger partial charge in [-0.25, -0.2) is 4.68 Å². The molecule has 0 aliphatic heterocycles. The number of nitrogens with zero attached hydrogens (tertiary/aromatic N) is 4. The molecule has 0 radical (unpaired) electrons. The van der Waals surface area contributed by atoms with Crippen LogP contribution in [0.1, 0.15) is 43.2 Å². The van der Waals surface area contributed by atoms with E-state index >= 15 is 0 Å². The van der Waals surface area contributed by atoms with Gasteiger partial charge in [0, 0.05) is 13.1 Å². The van der Waals surface area contributed by atoms with Gasteiger partial charge in [-0.05, 0) is 51.0 Å². The van der Waals surface area contributed by atoms with Crippen LogP contribution in [-0.2, 0) is 16.5 Å². The van der Waals surface area contributed by atoms with Crippen LogP contribution in [0.3, 0.4) is 0 Å². The fraction of sp³-hybridized carbons (Fsp3) is 0.368. The van der Waals surface area contributed by atoms with Crippen molar-refractivity contribution in [2.75, 3.05) is 7.05 Å². The molecule has 9 heteroatoms. The van der Waals surface area contributed by atoms with E-state index in [4.69, 9.17) is 0 Å². The minimum Gasteiger partial charge on any atom is -0.342 e. The maximum atomic E-state index is 12.9. The highest BCUT2D eigenvalue weighted by atomic mass is 19.4. The molecule has 1 heterocycles. The third-order valence-corrected chi connectivity index (χ3v) is 4.44. The molecule has 0 aliphatic carbocycles. The molecule has 1 aromatic carbocycles. The van der Waals surface area contributed by atoms with E-state index in [0.29, 0.717) is 34.6 Å². The highest BCUT2D eigenvalue weighted by Gasteiger charge is 2.33. The molecule has 2 rings (SSSR count). The number of carbonyl (C=O) groups excluding carboxylic acids is 1. The number of aryl methyl sites for hydroxylation is 1. The number of amidine groups is 1. The summed E-state index contributed by atoms with van der Waals surface area (Å²) in [6.07, 6.45) is -0.843. The van der Waals surface area contributed by atoms with Crippen molar-refractivity contribution in [3.05, 3.63) is 52.9 Å². The number of allylic oxidation sites excluding steroid dienone is 1. The van der Waals surface area contributed by atoms with Gasteiger partial charge in [-0.2, -0.15) is 13.2 Å². The summed E-state index contributed by atoms with van der Waals surface area (Å²) in [4.78, 5) is 14.9. The maximum absolute atomic E-state index is 12.9. The molecule has 28 heavy (non-hydrogen) atoms. The maximum Gasteiger partial charge on any atom is 0.416 e. The Hall–Kier alpha value is -2.97. The van der Waals surface area contributed by atoms with E-state index in [9.17, 15) is 18.0 Å². The lowest BCUT2D eigenvalue weighted by atomic mass is 9.89. The molecule has 0 saturated carbocycles. The normalized spacial score (nSPS) is 13.6. The monoisotopic (exact) mass is 393 g/mol. The van der Waals surface area contributed by atoms with E-state index < -0.39 is 17.3 Å². The van der Waals surface area contributed by atoms with Gasteiger partial charge >= 0.3 is 6.18 Å². The molecule has 1 aromatic heterocycles. The summed E-state index contributed by atoms with van der Waals surface area (Å²) in [6, 6.07) is 3.63. The van der Waals surface area contributed by atoms with Crippen LogP contribution in [0.5, 0.6) is 0 Å². The zero-order valence-electron chi connectivity index (χ0n) is 16.3. The van der Waals surface area contributed by atoms with Crippen LogP contribution in [0.4, 0.5) is 13.2 Å². The van der Waals surface area contributed by atoms with Crippen molar-refractivity contribution in [1.29, 1.82) is 0 Å². The molecule has 6 nitrogen and oxygen atoms in total. The van der Waals surface area contributed by atoms with Crippen molar-refractivity contribution < 1.29 is 18.0 Å². The number of benzene rings is 1. The number of aldehydes is 1. The van der Waals surface area contributed by atoms with Gasteiger partial charge in [0.25, 0.3) is 0 Å². The number of alkyl halides is 3. The van der Waals surface area contributed by atoms with Crippen molar-refractivity contribution in [2.45, 2.75) is 39.4 Å². The van der Waals surface area contributed by atoms with Gasteiger partial charge in [0.15, 0.2) is 0 Å². The Labute approximate surface area is 161 Å². The molecule has 0 bridgehead atoms. The number of aromatic nitrogens is 3. The molecular formula is C19H22F3N5O. The lowest BCUT2D eigenvalue weighted by Crippen LogP contribution is -2.29. The van der Waals surface area contributed by atoms with Crippen LogP contribution in [0.2, 0.25) is 0 Å². The molecule has 0 amide bonds. The first-order valence-electron chi connectivity index (χ1n) is 8.48. The van der Waals surface area contributed by atoms with Crippen LogP contribution in [0.25, 0.3) is 5.70 Å². The first-order chi connectivity index (χ1) is 13.0. The molecule has 150 valence electrons. The Bertz CT molecular complexity index is 926. The quantitative estimate of drug-likeness (QED) is 0.365. The van der Waals surface area contributed by atoms with Crippen molar-refractivity contribution in [3.63, 3.8) is 0 Å². The SMILES string of the molecule is CN=C(C)N/C(=C\C=O)c1cn(C(C)(C)c2ccc(C(F)(F)F)cc2C)nn1. The summed E-state index contributed by atoms with van der Waals surface area (Å²) in [6.45, 7) is 7.02. The molecule has 0 aliphatic rings. The first kappa shape index (κ1) is 21.3. The number of halogens is 3. The van der Waals surface area contributed by atoms with Gasteiger partial charge in [0.05, 0.1) is 28.8 Å². The molecule has 0 atom stereocenters. The Kier molecular flexibility index (Phi) is 6.06. The predicted octanol–water partition coefficient (Wildman–Crippen LogP) is 3.57. The van der Waals surface area contributed by atoms with Crippen molar-refractivity contribution in [2.24, 2.45) is 4.99 Å². The van der Waals surface area contributed by atoms with Gasteiger partial charge in [-0.15, -0.1) is 5.10 Å². The summed E-state index contributed by atoms with van der Waals surface area (Å²) >= 11 is 0. The number of rotatable bonds is 5. The third kappa shape index (κ3) is 4.47. The topological polar surface area (TPSA) is 72.2 Å². The van der Waals surface area contributed by atoms with Crippen LogP contribution < -0.4 is 5.32 Å². The minimum atomic E-state index is -4.40. The summed E-state index contributed by atoms with van der Waals surface area (Å²) in [5.41, 5.74) is 0.542. The Morgan fingerprint density at radius 1 is 1.29 bits per heavy atom. The summed E-state index contributed by atoms with van der Waals surface area (Å²) < 4.78 is 40.4. The summed E-state index contributed by atoms with van der Waals surface area (Å²) in [7, 11) is 1.61. The number of aliphatic imine (C=N–C) groups is 1. The summed E-state index contributed by atoms with van der Waals surface area (Å²) in [5, 5.41) is 11.2. The molecular weight excluding hydrogens is 371 g/mol. The lowest BCUT2D eigenvalue weighted by Gasteiger charge is -2.27. The Balaban J connectivity index is 2.43. The van der Waals surface area contributed by atoms with Gasteiger partial charge in [-0.1, -0.05) is 11.3 Å². The third-order valence-electron chi connectivity index (χ3n) is 4.44. The smallest absolute Gasteiger partial charge is 0.342 e. The Morgan fingerprint density at radius 2 is 1.96 bits per heavy atom. The van der Waals surface area contributed by atoms with Crippen molar-refractivity contribution >= 4 is 17.8 Å². The molecule has 2 aromatic rings. The van der Waals surface area contributed by atoms with E-state index in [1.807, 2.05) is 13.8 Å². The minimum absolute atomic E-state index is 0.410. The lowest BCUT2D eigenvalue weighted by molar-refractivity contribution is -0.137. The number of nitrogens with one attached hydrogen (secondary N) is 1. The largest absolute Gasteiger partial charge is 0.416 e. The van der Waals surface area contributed by atoms with Gasteiger partial charge < -0.3 is 5.32 Å². The number of hydrogen-bond donors (Lipinski definition) is 1. The fourth-order valence-corrected chi connectivity index (χ4v) is 2.82. The van der Waals surface area contributed by atoms with E-state index in [-0.39, 0.29) is 0 Å². The second-order valence-electron chi connectivity index (χ2n) is 6.79. The summed E-state index contributed by atoms with van der Waals surface area (Å²) in [5.74, 6) is 0.584. The molecule has 0 fully saturated rings. The van der Waals surface area contributed by atoms with Crippen molar-refractivity contribution in [1.82, 2.24) is 20.3 Å². The van der Waals surface area contributed by atoms with E-state index in [0.717, 1.165) is 12.1 Å². The van der Waals surface area contributed by atoms with Crippen LogP contribution in [0, 0.1) is 6.92 Å². The van der Waals surface area contributed by atoms with Crippen LogP contribution in [0.15, 0.2) is 35.5 Å². The highest BCUT2D eigenvalue weighted by Crippen LogP contribution is 2.34. The Morgan fingerprint density at radius 3 is 2.50 bits per heavy atom. The standard InChI is InChI=1S/C19H22F3N5O/c1-12-10-14(19(20,21)22)6-7-15(12)18(3,4)27-11-17(25-26-27)16(8-9-28)24-13(2)23-5/h6-11H,1-5H3,(H,23,24)/b16-8-. The average Bonchev–Trinajstić information content (AvgIpc) is 3.11. The van der Waals surface area contributed by atoms with Crippen molar-refractivity contribution in [3.8, 4) is 0 Å². The van der Waals surface area contributed by atoms with Crippen LogP contribution >= 0.6 is 0 Å². The van der Waals surface area contributed by atoms with E-state index in [2.05, 4.69) is 20.6 Å². The second kappa shape index (κ2) is 7.95. The zero-order chi connectivity index (χ0) is 21.1. The number of hydrogen-bond acceptors (Lipinski definition) is 4. The average molecular weight is 393 g/mol. The molecule has 1 N–H and O–H groups in total. The second-order valence-corrected chi connectivity index (χ2v) is 6.79. The molecule has 0 saturated heterocycles. The van der Waals surface area contributed by atoms with E-state index in [1.165, 1.54) is 12.1 Å². The zero-order valence-corrected chi connectivity index (χ0v) is 16.3.